The quantitative estimate of drug-likeness (QED) is 0.388. The highest BCUT2D eigenvalue weighted by atomic mass is 16.5. The number of ether oxygens (including phenoxy) is 1. The molecule has 0 aromatic heterocycles. The van der Waals surface area contributed by atoms with Crippen molar-refractivity contribution in [2.75, 3.05) is 17.9 Å². The number of allylic oxidation sites excluding steroid dienone is 1. The van der Waals surface area contributed by atoms with Crippen molar-refractivity contribution in [2.24, 2.45) is 11.6 Å². The lowest BCUT2D eigenvalue weighted by atomic mass is 10.2. The number of methoxy groups -OCH3 is 1. The average Bonchev–Trinajstić information content (AvgIpc) is 2.16. The summed E-state index contributed by atoms with van der Waals surface area (Å²) in [4.78, 5) is 0. The first-order valence-corrected chi connectivity index (χ1v) is 4.46. The van der Waals surface area contributed by atoms with Gasteiger partial charge in [-0.3, -0.25) is 5.01 Å². The van der Waals surface area contributed by atoms with Crippen molar-refractivity contribution < 1.29 is 4.74 Å². The van der Waals surface area contributed by atoms with Gasteiger partial charge in [-0.1, -0.05) is 0 Å². The lowest BCUT2D eigenvalue weighted by Gasteiger charge is -2.17. The molecule has 0 atom stereocenters. The molecule has 0 unspecified atom stereocenters. The van der Waals surface area contributed by atoms with Gasteiger partial charge < -0.3 is 16.2 Å². The van der Waals surface area contributed by atoms with Crippen LogP contribution in [0.15, 0.2) is 30.1 Å². The zero-order valence-electron chi connectivity index (χ0n) is 8.90. The Morgan fingerprint density at radius 1 is 1.47 bits per heavy atom. The Hall–Kier alpha value is -1.88. The van der Waals surface area contributed by atoms with Crippen LogP contribution in [0.1, 0.15) is 6.92 Å². The molecule has 5 heteroatoms. The molecule has 1 aromatic rings. The molecule has 15 heavy (non-hydrogen) atoms. The molecule has 0 heterocycles. The second-order valence-corrected chi connectivity index (χ2v) is 3.21. The number of nitrogens with two attached hydrogens (primary N) is 3. The summed E-state index contributed by atoms with van der Waals surface area (Å²) < 4.78 is 5.16. The molecule has 5 nitrogen and oxygen atoms in total. The van der Waals surface area contributed by atoms with Crippen LogP contribution in [0.25, 0.3) is 0 Å². The van der Waals surface area contributed by atoms with E-state index < -0.39 is 0 Å². The fraction of sp³-hybridized carbons (Fsp3) is 0.200. The first-order valence-electron chi connectivity index (χ1n) is 4.46. The maximum atomic E-state index is 5.78. The molecule has 0 bridgehead atoms. The normalized spacial score (nSPS) is 11.3. The highest BCUT2D eigenvalue weighted by molar-refractivity contribution is 5.64. The highest BCUT2D eigenvalue weighted by Crippen LogP contribution is 2.28. The maximum absolute atomic E-state index is 5.78. The molecule has 82 valence electrons. The van der Waals surface area contributed by atoms with Crippen LogP contribution in [-0.2, 0) is 0 Å². The van der Waals surface area contributed by atoms with E-state index in [2.05, 4.69) is 0 Å². The predicted octanol–water partition coefficient (Wildman–Crippen LogP) is 0.778. The molecule has 0 aliphatic heterocycles. The topological polar surface area (TPSA) is 90.5 Å². The number of nitrogen functional groups attached to an aromatic ring is 1. The van der Waals surface area contributed by atoms with E-state index in [-0.39, 0.29) is 0 Å². The number of nitrogens with zero attached hydrogens (tertiary/aromatic N) is 1. The third-order valence-corrected chi connectivity index (χ3v) is 1.82. The molecule has 0 fully saturated rings. The van der Waals surface area contributed by atoms with Gasteiger partial charge in [0.05, 0.1) is 12.8 Å². The van der Waals surface area contributed by atoms with Crippen LogP contribution in [0.3, 0.4) is 0 Å². The third kappa shape index (κ3) is 2.78. The van der Waals surface area contributed by atoms with Gasteiger partial charge in [-0.15, -0.1) is 0 Å². The number of anilines is 2. The van der Waals surface area contributed by atoms with E-state index in [1.54, 1.807) is 38.4 Å². The Bertz CT molecular complexity index is 372. The van der Waals surface area contributed by atoms with Crippen LogP contribution in [0.4, 0.5) is 11.4 Å². The summed E-state index contributed by atoms with van der Waals surface area (Å²) in [6, 6.07) is 5.22. The van der Waals surface area contributed by atoms with Crippen LogP contribution in [0.2, 0.25) is 0 Å². The Morgan fingerprint density at radius 3 is 2.67 bits per heavy atom. The summed E-state index contributed by atoms with van der Waals surface area (Å²) in [6.45, 7) is 1.75. The summed E-state index contributed by atoms with van der Waals surface area (Å²) in [6.07, 6.45) is 1.61. The van der Waals surface area contributed by atoms with Crippen molar-refractivity contribution in [1.82, 2.24) is 0 Å². The van der Waals surface area contributed by atoms with E-state index in [0.29, 0.717) is 22.8 Å². The highest BCUT2D eigenvalue weighted by Gasteiger charge is 2.06. The SMILES string of the molecule is COc1cc(N)ccc1N(N)/C=C(/C)N. The number of rotatable bonds is 3. The van der Waals surface area contributed by atoms with E-state index >= 15 is 0 Å². The van der Waals surface area contributed by atoms with E-state index in [1.807, 2.05) is 0 Å². The Kier molecular flexibility index (Phi) is 3.41. The zero-order valence-corrected chi connectivity index (χ0v) is 8.90. The summed E-state index contributed by atoms with van der Waals surface area (Å²) in [5.41, 5.74) is 13.1. The molecule has 0 aliphatic carbocycles. The largest absolute Gasteiger partial charge is 0.494 e. The Labute approximate surface area is 89.1 Å². The first kappa shape index (κ1) is 11.2. The fourth-order valence-electron chi connectivity index (χ4n) is 1.20. The van der Waals surface area contributed by atoms with Gasteiger partial charge in [0, 0.05) is 23.7 Å². The third-order valence-electron chi connectivity index (χ3n) is 1.82. The smallest absolute Gasteiger partial charge is 0.146 e. The first-order chi connectivity index (χ1) is 7.04. The monoisotopic (exact) mass is 208 g/mol. The number of benzene rings is 1. The molecular formula is C10H16N4O. The van der Waals surface area contributed by atoms with Crippen molar-refractivity contribution >= 4 is 11.4 Å². The lowest BCUT2D eigenvalue weighted by molar-refractivity contribution is 0.415. The molecule has 1 rings (SSSR count). The van der Waals surface area contributed by atoms with E-state index in [4.69, 9.17) is 22.0 Å². The molecule has 0 radical (unpaired) electrons. The molecule has 1 aromatic carbocycles. The molecule has 0 aliphatic rings. The standard InChI is InChI=1S/C10H16N4O/c1-7(11)6-14(13)9-4-3-8(12)5-10(9)15-2/h3-6H,11-13H2,1-2H3/b7-6-. The van der Waals surface area contributed by atoms with Gasteiger partial charge in [0.2, 0.25) is 0 Å². The summed E-state index contributed by atoms with van der Waals surface area (Å²) in [5.74, 6) is 6.39. The number of hydrogen-bond donors (Lipinski definition) is 3. The zero-order chi connectivity index (χ0) is 11.4. The molecule has 0 saturated carbocycles. The molecule has 0 saturated heterocycles. The summed E-state index contributed by atoms with van der Waals surface area (Å²) in [7, 11) is 1.56. The number of hydrogen-bond acceptors (Lipinski definition) is 5. The maximum Gasteiger partial charge on any atom is 0.146 e. The van der Waals surface area contributed by atoms with Crippen LogP contribution < -0.4 is 27.1 Å². The van der Waals surface area contributed by atoms with Gasteiger partial charge in [0.15, 0.2) is 0 Å². The van der Waals surface area contributed by atoms with Crippen molar-refractivity contribution in [1.29, 1.82) is 0 Å². The van der Waals surface area contributed by atoms with Crippen LogP contribution >= 0.6 is 0 Å². The van der Waals surface area contributed by atoms with Crippen LogP contribution in [0, 0.1) is 0 Å². The van der Waals surface area contributed by atoms with Gasteiger partial charge >= 0.3 is 0 Å². The van der Waals surface area contributed by atoms with Crippen LogP contribution in [0.5, 0.6) is 5.75 Å². The minimum Gasteiger partial charge on any atom is -0.494 e. The van der Waals surface area contributed by atoms with Crippen molar-refractivity contribution in [3.05, 3.63) is 30.1 Å². The second kappa shape index (κ2) is 4.56. The van der Waals surface area contributed by atoms with Gasteiger partial charge in [-0.2, -0.15) is 0 Å². The minimum atomic E-state index is 0.606. The van der Waals surface area contributed by atoms with Crippen LogP contribution in [-0.4, -0.2) is 7.11 Å². The minimum absolute atomic E-state index is 0.606. The van der Waals surface area contributed by atoms with Crippen molar-refractivity contribution in [2.45, 2.75) is 6.92 Å². The molecule has 0 spiro atoms. The molecule has 6 N–H and O–H groups in total. The Morgan fingerprint density at radius 2 is 2.13 bits per heavy atom. The van der Waals surface area contributed by atoms with E-state index in [9.17, 15) is 0 Å². The average molecular weight is 208 g/mol. The van der Waals surface area contributed by atoms with Gasteiger partial charge in [-0.05, 0) is 19.1 Å². The lowest BCUT2D eigenvalue weighted by Crippen LogP contribution is -2.26. The Balaban J connectivity index is 3.08. The van der Waals surface area contributed by atoms with Crippen molar-refractivity contribution in [3.63, 3.8) is 0 Å². The van der Waals surface area contributed by atoms with Gasteiger partial charge in [-0.25, -0.2) is 5.84 Å². The molecule has 0 amide bonds. The van der Waals surface area contributed by atoms with E-state index in [0.717, 1.165) is 0 Å². The van der Waals surface area contributed by atoms with Gasteiger partial charge in [0.1, 0.15) is 5.75 Å². The predicted molar refractivity (Wildman–Crippen MR) is 62.0 cm³/mol. The van der Waals surface area contributed by atoms with E-state index in [1.165, 1.54) is 5.01 Å². The summed E-state index contributed by atoms with van der Waals surface area (Å²) in [5, 5.41) is 1.40. The van der Waals surface area contributed by atoms with Crippen molar-refractivity contribution in [3.8, 4) is 5.75 Å². The molecular weight excluding hydrogens is 192 g/mol. The second-order valence-electron chi connectivity index (χ2n) is 3.21. The fourth-order valence-corrected chi connectivity index (χ4v) is 1.20. The van der Waals surface area contributed by atoms with Gasteiger partial charge in [0.25, 0.3) is 0 Å². The summed E-state index contributed by atoms with van der Waals surface area (Å²) >= 11 is 0. The number of hydrazine groups is 1.